The van der Waals surface area contributed by atoms with E-state index in [1.165, 1.54) is 0 Å². The molecule has 2 atom stereocenters. The highest BCUT2D eigenvalue weighted by Crippen LogP contribution is 2.45. The van der Waals surface area contributed by atoms with Crippen molar-refractivity contribution in [2.45, 2.75) is 76.7 Å². The Labute approximate surface area is 136 Å². The number of aliphatic hydroxyl groups is 1. The van der Waals surface area contributed by atoms with Crippen molar-refractivity contribution in [3.63, 3.8) is 0 Å². The molecule has 1 aromatic rings. The number of ether oxygens (including phenoxy) is 1. The van der Waals surface area contributed by atoms with Gasteiger partial charge in [-0.15, -0.1) is 0 Å². The zero-order chi connectivity index (χ0) is 16.8. The van der Waals surface area contributed by atoms with E-state index in [4.69, 9.17) is 4.74 Å². The first-order valence-electron chi connectivity index (χ1n) is 8.21. The van der Waals surface area contributed by atoms with Crippen molar-refractivity contribution in [1.29, 1.82) is 0 Å². The van der Waals surface area contributed by atoms with Gasteiger partial charge in [0, 0.05) is 31.1 Å². The van der Waals surface area contributed by atoms with E-state index < -0.39 is 11.2 Å². The van der Waals surface area contributed by atoms with Crippen LogP contribution in [0.3, 0.4) is 0 Å². The number of hydrogen-bond donors (Lipinski definition) is 1. The highest BCUT2D eigenvalue weighted by atomic mass is 16.6. The molecule has 6 heteroatoms. The van der Waals surface area contributed by atoms with Crippen molar-refractivity contribution in [2.24, 2.45) is 0 Å². The van der Waals surface area contributed by atoms with Gasteiger partial charge in [0.2, 0.25) is 0 Å². The van der Waals surface area contributed by atoms with Gasteiger partial charge in [0.15, 0.2) is 0 Å². The Morgan fingerprint density at radius 1 is 1.30 bits per heavy atom. The Balaban J connectivity index is 1.80. The van der Waals surface area contributed by atoms with Gasteiger partial charge in [-0.05, 0) is 40.5 Å². The van der Waals surface area contributed by atoms with Gasteiger partial charge in [-0.25, -0.2) is 4.79 Å². The third-order valence-corrected chi connectivity index (χ3v) is 4.60. The fourth-order valence-corrected chi connectivity index (χ4v) is 3.73. The summed E-state index contributed by atoms with van der Waals surface area (Å²) >= 11 is 0. The number of fused-ring (bicyclic) bond motifs is 2. The molecular formula is C17H25N3O3. The molecule has 0 radical (unpaired) electrons. The van der Waals surface area contributed by atoms with E-state index in [2.05, 4.69) is 9.97 Å². The van der Waals surface area contributed by atoms with Gasteiger partial charge in [-0.1, -0.05) is 0 Å². The Morgan fingerprint density at radius 3 is 2.43 bits per heavy atom. The smallest absolute Gasteiger partial charge is 0.410 e. The predicted octanol–water partition coefficient (Wildman–Crippen LogP) is 2.53. The number of carbonyl (C=O) groups is 1. The first kappa shape index (κ1) is 16.2. The Morgan fingerprint density at radius 2 is 1.91 bits per heavy atom. The Hall–Kier alpha value is -1.69. The Bertz CT molecular complexity index is 597. The molecule has 2 saturated heterocycles. The number of hydrogen-bond acceptors (Lipinski definition) is 5. The van der Waals surface area contributed by atoms with Crippen LogP contribution in [0.25, 0.3) is 0 Å². The average Bonchev–Trinajstić information content (AvgIpc) is 2.70. The van der Waals surface area contributed by atoms with Gasteiger partial charge in [0.05, 0.1) is 17.6 Å². The molecule has 2 aliphatic rings. The summed E-state index contributed by atoms with van der Waals surface area (Å²) in [6.07, 6.45) is 5.80. The SMILES string of the molecule is Cc1cncc(C2(O)CC3CCC(C2)N3C(=O)OC(C)(C)C)n1. The van der Waals surface area contributed by atoms with E-state index in [1.54, 1.807) is 12.4 Å². The van der Waals surface area contributed by atoms with Crippen LogP contribution in [0.1, 0.15) is 57.8 Å². The molecule has 0 saturated carbocycles. The minimum Gasteiger partial charge on any atom is -0.444 e. The monoisotopic (exact) mass is 319 g/mol. The molecule has 2 bridgehead atoms. The van der Waals surface area contributed by atoms with E-state index >= 15 is 0 Å². The van der Waals surface area contributed by atoms with Crippen LogP contribution in [0.4, 0.5) is 4.79 Å². The first-order valence-corrected chi connectivity index (χ1v) is 8.21. The summed E-state index contributed by atoms with van der Waals surface area (Å²) in [4.78, 5) is 22.9. The van der Waals surface area contributed by atoms with E-state index in [-0.39, 0.29) is 18.2 Å². The van der Waals surface area contributed by atoms with Gasteiger partial charge in [0.25, 0.3) is 0 Å². The molecule has 1 amide bonds. The normalized spacial score (nSPS) is 30.4. The molecule has 0 aliphatic carbocycles. The number of aromatic nitrogens is 2. The Kier molecular flexibility index (Phi) is 3.83. The molecule has 2 fully saturated rings. The van der Waals surface area contributed by atoms with Crippen LogP contribution >= 0.6 is 0 Å². The molecule has 0 spiro atoms. The standard InChI is InChI=1S/C17H25N3O3/c1-11-9-18-10-14(19-11)17(22)7-12-5-6-13(8-17)20(12)15(21)23-16(2,3)4/h9-10,12-13,22H,5-8H2,1-4H3. The molecule has 6 nitrogen and oxygen atoms in total. The minimum atomic E-state index is -1.01. The lowest BCUT2D eigenvalue weighted by Gasteiger charge is -2.43. The number of piperidine rings is 1. The second kappa shape index (κ2) is 5.44. The van der Waals surface area contributed by atoms with Crippen molar-refractivity contribution < 1.29 is 14.6 Å². The highest BCUT2D eigenvalue weighted by Gasteiger charge is 2.51. The predicted molar refractivity (Wildman–Crippen MR) is 84.8 cm³/mol. The van der Waals surface area contributed by atoms with Gasteiger partial charge in [0.1, 0.15) is 11.2 Å². The van der Waals surface area contributed by atoms with E-state index in [0.29, 0.717) is 18.5 Å². The van der Waals surface area contributed by atoms with Gasteiger partial charge in [-0.2, -0.15) is 0 Å². The quantitative estimate of drug-likeness (QED) is 0.861. The van der Waals surface area contributed by atoms with Crippen LogP contribution < -0.4 is 0 Å². The zero-order valence-electron chi connectivity index (χ0n) is 14.2. The molecule has 2 aliphatic heterocycles. The highest BCUT2D eigenvalue weighted by molar-refractivity contribution is 5.69. The van der Waals surface area contributed by atoms with Crippen LogP contribution in [-0.4, -0.2) is 43.8 Å². The number of carbonyl (C=O) groups excluding carboxylic acids is 1. The lowest BCUT2D eigenvalue weighted by molar-refractivity contribution is -0.0649. The number of amides is 1. The van der Waals surface area contributed by atoms with Crippen molar-refractivity contribution >= 4 is 6.09 Å². The van der Waals surface area contributed by atoms with E-state index in [9.17, 15) is 9.90 Å². The maximum absolute atomic E-state index is 12.5. The summed E-state index contributed by atoms with van der Waals surface area (Å²) in [5, 5.41) is 11.1. The van der Waals surface area contributed by atoms with Crippen LogP contribution in [0.15, 0.2) is 12.4 Å². The molecule has 2 unspecified atom stereocenters. The van der Waals surface area contributed by atoms with Gasteiger partial charge in [-0.3, -0.25) is 9.97 Å². The number of rotatable bonds is 1. The molecule has 23 heavy (non-hydrogen) atoms. The van der Waals surface area contributed by atoms with Crippen LogP contribution in [0.2, 0.25) is 0 Å². The van der Waals surface area contributed by atoms with Gasteiger partial charge < -0.3 is 14.7 Å². The van der Waals surface area contributed by atoms with Crippen molar-refractivity contribution in [2.75, 3.05) is 0 Å². The van der Waals surface area contributed by atoms with Crippen LogP contribution in [-0.2, 0) is 10.3 Å². The summed E-state index contributed by atoms with van der Waals surface area (Å²) in [6, 6.07) is -0.00757. The summed E-state index contributed by atoms with van der Waals surface area (Å²) in [5.74, 6) is 0. The molecule has 3 heterocycles. The van der Waals surface area contributed by atoms with Crippen LogP contribution in [0.5, 0.6) is 0 Å². The summed E-state index contributed by atoms with van der Waals surface area (Å²) in [7, 11) is 0. The summed E-state index contributed by atoms with van der Waals surface area (Å²) < 4.78 is 5.53. The largest absolute Gasteiger partial charge is 0.444 e. The third kappa shape index (κ3) is 3.17. The maximum atomic E-state index is 12.5. The van der Waals surface area contributed by atoms with Crippen molar-refractivity contribution in [3.8, 4) is 0 Å². The van der Waals surface area contributed by atoms with Crippen molar-refractivity contribution in [1.82, 2.24) is 14.9 Å². The molecule has 1 N–H and O–H groups in total. The molecule has 126 valence electrons. The average molecular weight is 319 g/mol. The van der Waals surface area contributed by atoms with Crippen LogP contribution in [0, 0.1) is 6.92 Å². The summed E-state index contributed by atoms with van der Waals surface area (Å²) in [6.45, 7) is 7.48. The molecular weight excluding hydrogens is 294 g/mol. The number of aryl methyl sites for hydroxylation is 1. The number of nitrogens with zero attached hydrogens (tertiary/aromatic N) is 3. The van der Waals surface area contributed by atoms with Crippen molar-refractivity contribution in [3.05, 3.63) is 23.8 Å². The lowest BCUT2D eigenvalue weighted by Crippen LogP contribution is -2.53. The van der Waals surface area contributed by atoms with E-state index in [1.807, 2.05) is 32.6 Å². The van der Waals surface area contributed by atoms with Gasteiger partial charge >= 0.3 is 6.09 Å². The molecule has 0 aromatic carbocycles. The lowest BCUT2D eigenvalue weighted by atomic mass is 9.83. The summed E-state index contributed by atoms with van der Waals surface area (Å²) in [5.41, 5.74) is -0.119. The fraction of sp³-hybridized carbons (Fsp3) is 0.706. The maximum Gasteiger partial charge on any atom is 0.410 e. The first-order chi connectivity index (χ1) is 10.7. The zero-order valence-corrected chi connectivity index (χ0v) is 14.2. The second-order valence-corrected chi connectivity index (χ2v) is 7.76. The minimum absolute atomic E-state index is 0.00378. The fourth-order valence-electron chi connectivity index (χ4n) is 3.73. The second-order valence-electron chi connectivity index (χ2n) is 7.76. The molecule has 3 rings (SSSR count). The topological polar surface area (TPSA) is 75.6 Å². The molecule has 1 aromatic heterocycles. The third-order valence-electron chi connectivity index (χ3n) is 4.60. The van der Waals surface area contributed by atoms with E-state index in [0.717, 1.165) is 18.5 Å².